The number of imide groups is 1. The molecule has 2 amide bonds. The lowest BCUT2D eigenvalue weighted by Crippen LogP contribution is -2.29. The van der Waals surface area contributed by atoms with Crippen LogP contribution in [0.5, 0.6) is 11.5 Å². The summed E-state index contributed by atoms with van der Waals surface area (Å²) in [5, 5.41) is 8.24. The Morgan fingerprint density at radius 1 is 1.29 bits per heavy atom. The van der Waals surface area contributed by atoms with Crippen LogP contribution >= 0.6 is 11.8 Å². The van der Waals surface area contributed by atoms with Gasteiger partial charge in [-0.05, 0) is 30.3 Å². The van der Waals surface area contributed by atoms with Gasteiger partial charge in [0.05, 0.1) is 19.1 Å². The number of hydrogen-bond donors (Lipinski definition) is 1. The first kappa shape index (κ1) is 17.9. The van der Waals surface area contributed by atoms with Crippen molar-refractivity contribution >= 4 is 35.0 Å². The van der Waals surface area contributed by atoms with Crippen molar-refractivity contribution in [3.8, 4) is 11.5 Å². The van der Waals surface area contributed by atoms with E-state index in [0.29, 0.717) is 17.1 Å². The smallest absolute Gasteiger partial charge is 0.303 e. The predicted octanol–water partition coefficient (Wildman–Crippen LogP) is 2.60. The molecule has 0 spiro atoms. The number of carbonyl (C=O) groups is 3. The lowest BCUT2D eigenvalue weighted by molar-refractivity contribution is -0.137. The first-order valence-electron chi connectivity index (χ1n) is 7.16. The van der Waals surface area contributed by atoms with Crippen LogP contribution in [0.1, 0.15) is 18.4 Å². The van der Waals surface area contributed by atoms with E-state index in [-0.39, 0.29) is 24.3 Å². The second-order valence-corrected chi connectivity index (χ2v) is 5.91. The molecule has 1 aromatic carbocycles. The highest BCUT2D eigenvalue weighted by Gasteiger charge is 2.34. The number of para-hydroxylation sites is 1. The van der Waals surface area contributed by atoms with Crippen LogP contribution in [0.25, 0.3) is 6.08 Å². The summed E-state index contributed by atoms with van der Waals surface area (Å²) in [6.45, 7) is 0.0869. The number of hydrogen-bond acceptors (Lipinski definition) is 6. The van der Waals surface area contributed by atoms with E-state index in [1.165, 1.54) is 14.2 Å². The maximum Gasteiger partial charge on any atom is 0.303 e. The SMILES string of the molecule is COc1cccc(/C=C2\SC(=O)N(CCCC(=O)O)C2=O)c1OC. The normalized spacial score (nSPS) is 15.9. The number of methoxy groups -OCH3 is 2. The number of carboxylic acid groups (broad SMARTS) is 1. The Morgan fingerprint density at radius 2 is 2.04 bits per heavy atom. The fourth-order valence-corrected chi connectivity index (χ4v) is 3.10. The molecule has 24 heavy (non-hydrogen) atoms. The topological polar surface area (TPSA) is 93.1 Å². The van der Waals surface area contributed by atoms with E-state index in [0.717, 1.165) is 16.7 Å². The number of nitrogens with zero attached hydrogens (tertiary/aromatic N) is 1. The molecule has 1 N–H and O–H groups in total. The second-order valence-electron chi connectivity index (χ2n) is 4.91. The molecule has 1 aromatic rings. The molecule has 1 saturated heterocycles. The van der Waals surface area contributed by atoms with Crippen LogP contribution in [0.15, 0.2) is 23.1 Å². The molecule has 0 aliphatic carbocycles. The first-order valence-corrected chi connectivity index (χ1v) is 7.97. The zero-order valence-electron chi connectivity index (χ0n) is 13.3. The maximum atomic E-state index is 12.3. The summed E-state index contributed by atoms with van der Waals surface area (Å²) < 4.78 is 10.5. The zero-order valence-corrected chi connectivity index (χ0v) is 14.1. The highest BCUT2D eigenvalue weighted by molar-refractivity contribution is 8.18. The van der Waals surface area contributed by atoms with Gasteiger partial charge >= 0.3 is 5.97 Å². The van der Waals surface area contributed by atoms with Gasteiger partial charge in [-0.15, -0.1) is 0 Å². The minimum absolute atomic E-state index is 0.0869. The monoisotopic (exact) mass is 351 g/mol. The van der Waals surface area contributed by atoms with E-state index < -0.39 is 17.1 Å². The molecule has 1 aliphatic rings. The fraction of sp³-hybridized carbons (Fsp3) is 0.312. The number of carbonyl (C=O) groups excluding carboxylic acids is 2. The van der Waals surface area contributed by atoms with Gasteiger partial charge in [-0.3, -0.25) is 19.3 Å². The van der Waals surface area contributed by atoms with Gasteiger partial charge in [-0.1, -0.05) is 12.1 Å². The van der Waals surface area contributed by atoms with E-state index in [4.69, 9.17) is 14.6 Å². The van der Waals surface area contributed by atoms with E-state index in [1.54, 1.807) is 24.3 Å². The summed E-state index contributed by atoms with van der Waals surface area (Å²) in [5.41, 5.74) is 0.618. The van der Waals surface area contributed by atoms with Crippen molar-refractivity contribution in [1.82, 2.24) is 4.90 Å². The van der Waals surface area contributed by atoms with Crippen molar-refractivity contribution in [2.75, 3.05) is 20.8 Å². The van der Waals surface area contributed by atoms with Gasteiger partial charge in [-0.25, -0.2) is 0 Å². The third kappa shape index (κ3) is 3.88. The number of ether oxygens (including phenoxy) is 2. The van der Waals surface area contributed by atoms with Crippen LogP contribution in [0.4, 0.5) is 4.79 Å². The largest absolute Gasteiger partial charge is 0.493 e. The molecule has 2 rings (SSSR count). The van der Waals surface area contributed by atoms with Gasteiger partial charge < -0.3 is 14.6 Å². The van der Waals surface area contributed by atoms with Crippen molar-refractivity contribution in [3.63, 3.8) is 0 Å². The van der Waals surface area contributed by atoms with Gasteiger partial charge in [0.15, 0.2) is 11.5 Å². The molecule has 128 valence electrons. The Labute approximate surface area is 143 Å². The second kappa shape index (κ2) is 7.87. The van der Waals surface area contributed by atoms with Gasteiger partial charge in [0.2, 0.25) is 0 Å². The Morgan fingerprint density at radius 3 is 2.67 bits per heavy atom. The molecule has 0 unspecified atom stereocenters. The first-order chi connectivity index (χ1) is 11.5. The van der Waals surface area contributed by atoms with Crippen LogP contribution in [-0.2, 0) is 9.59 Å². The summed E-state index contributed by atoms with van der Waals surface area (Å²) in [7, 11) is 3.00. The van der Waals surface area contributed by atoms with Crippen molar-refractivity contribution in [3.05, 3.63) is 28.7 Å². The van der Waals surface area contributed by atoms with Gasteiger partial charge in [0.1, 0.15) is 0 Å². The number of carboxylic acids is 1. The van der Waals surface area contributed by atoms with Crippen LogP contribution in [0.2, 0.25) is 0 Å². The van der Waals surface area contributed by atoms with Crippen molar-refractivity contribution < 1.29 is 29.0 Å². The average Bonchev–Trinajstić information content (AvgIpc) is 2.81. The van der Waals surface area contributed by atoms with Crippen molar-refractivity contribution in [1.29, 1.82) is 0 Å². The molecular weight excluding hydrogens is 334 g/mol. The Balaban J connectivity index is 2.21. The summed E-state index contributed by atoms with van der Waals surface area (Å²) in [6.07, 6.45) is 1.71. The molecular formula is C16H17NO6S. The summed E-state index contributed by atoms with van der Waals surface area (Å²) >= 11 is 0.823. The van der Waals surface area contributed by atoms with Crippen LogP contribution < -0.4 is 9.47 Å². The number of benzene rings is 1. The number of rotatable bonds is 7. The van der Waals surface area contributed by atoms with E-state index >= 15 is 0 Å². The molecule has 0 aromatic heterocycles. The third-order valence-electron chi connectivity index (χ3n) is 3.37. The number of thioether (sulfide) groups is 1. The summed E-state index contributed by atoms with van der Waals surface area (Å²) in [6, 6.07) is 5.23. The minimum atomic E-state index is -0.960. The van der Waals surface area contributed by atoms with E-state index in [9.17, 15) is 14.4 Å². The van der Waals surface area contributed by atoms with Crippen molar-refractivity contribution in [2.24, 2.45) is 0 Å². The number of amides is 2. The van der Waals surface area contributed by atoms with Gasteiger partial charge in [0.25, 0.3) is 11.1 Å². The predicted molar refractivity (Wildman–Crippen MR) is 89.1 cm³/mol. The van der Waals surface area contributed by atoms with Gasteiger partial charge in [-0.2, -0.15) is 0 Å². The number of aliphatic carboxylic acids is 1. The molecule has 1 fully saturated rings. The molecule has 0 atom stereocenters. The maximum absolute atomic E-state index is 12.3. The lowest BCUT2D eigenvalue weighted by Gasteiger charge is -2.11. The highest BCUT2D eigenvalue weighted by Crippen LogP contribution is 2.37. The molecule has 1 heterocycles. The molecule has 0 saturated carbocycles. The Bertz CT molecular complexity index is 700. The zero-order chi connectivity index (χ0) is 17.7. The molecule has 1 aliphatic heterocycles. The summed E-state index contributed by atoms with van der Waals surface area (Å²) in [4.78, 5) is 36.2. The highest BCUT2D eigenvalue weighted by atomic mass is 32.2. The lowest BCUT2D eigenvalue weighted by atomic mass is 10.1. The van der Waals surface area contributed by atoms with Crippen LogP contribution in [0.3, 0.4) is 0 Å². The van der Waals surface area contributed by atoms with Crippen LogP contribution in [0, 0.1) is 0 Å². The summed E-state index contributed by atoms with van der Waals surface area (Å²) in [5.74, 6) is -0.400. The minimum Gasteiger partial charge on any atom is -0.493 e. The fourth-order valence-electron chi connectivity index (χ4n) is 2.25. The quantitative estimate of drug-likeness (QED) is 0.755. The average molecular weight is 351 g/mol. The van der Waals surface area contributed by atoms with E-state index in [1.807, 2.05) is 0 Å². The molecule has 0 radical (unpaired) electrons. The van der Waals surface area contributed by atoms with Crippen LogP contribution in [-0.4, -0.2) is 47.9 Å². The standard InChI is InChI=1S/C16H17NO6S/c1-22-11-6-3-5-10(14(11)23-2)9-12-15(20)17(16(21)24-12)8-4-7-13(18)19/h3,5-6,9H,4,7-8H2,1-2H3,(H,18,19)/b12-9-. The Hall–Kier alpha value is -2.48. The molecule has 0 bridgehead atoms. The Kier molecular flexibility index (Phi) is 5.86. The van der Waals surface area contributed by atoms with E-state index in [2.05, 4.69) is 0 Å². The molecule has 7 nitrogen and oxygen atoms in total. The third-order valence-corrected chi connectivity index (χ3v) is 4.27. The van der Waals surface area contributed by atoms with Gasteiger partial charge in [0, 0.05) is 18.5 Å². The van der Waals surface area contributed by atoms with Crippen molar-refractivity contribution in [2.45, 2.75) is 12.8 Å². The molecule has 8 heteroatoms.